The Labute approximate surface area is 98.3 Å². The molecular formula is C13H12F2N2. The zero-order valence-corrected chi connectivity index (χ0v) is 9.32. The van der Waals surface area contributed by atoms with Crippen LogP contribution in [0.3, 0.4) is 0 Å². The summed E-state index contributed by atoms with van der Waals surface area (Å²) in [7, 11) is 1.70. The maximum atomic E-state index is 13.7. The minimum absolute atomic E-state index is 0.290. The Morgan fingerprint density at radius 3 is 2.47 bits per heavy atom. The fourth-order valence-corrected chi connectivity index (χ4v) is 1.80. The number of nitrogens with zero attached hydrogens (tertiary/aromatic N) is 1. The maximum absolute atomic E-state index is 13.7. The van der Waals surface area contributed by atoms with Gasteiger partial charge in [-0.3, -0.25) is 4.98 Å². The Bertz CT molecular complexity index is 500. The van der Waals surface area contributed by atoms with Gasteiger partial charge in [-0.15, -0.1) is 0 Å². The van der Waals surface area contributed by atoms with Crippen LogP contribution in [0.5, 0.6) is 0 Å². The molecule has 88 valence electrons. The molecule has 1 aromatic heterocycles. The SMILES string of the molecule is CNC(c1ccncc1)c1cccc(F)c1F. The van der Waals surface area contributed by atoms with Gasteiger partial charge >= 0.3 is 0 Å². The van der Waals surface area contributed by atoms with Gasteiger partial charge in [0.15, 0.2) is 11.6 Å². The average molecular weight is 234 g/mol. The molecule has 1 heterocycles. The van der Waals surface area contributed by atoms with Crippen LogP contribution in [0.25, 0.3) is 0 Å². The highest BCUT2D eigenvalue weighted by molar-refractivity contribution is 5.31. The van der Waals surface area contributed by atoms with Crippen molar-refractivity contribution in [2.45, 2.75) is 6.04 Å². The molecule has 0 aliphatic rings. The quantitative estimate of drug-likeness (QED) is 0.883. The third-order valence-electron chi connectivity index (χ3n) is 2.62. The third kappa shape index (κ3) is 2.31. The molecule has 0 spiro atoms. The van der Waals surface area contributed by atoms with Crippen LogP contribution in [0.1, 0.15) is 17.2 Å². The number of aromatic nitrogens is 1. The van der Waals surface area contributed by atoms with E-state index in [-0.39, 0.29) is 6.04 Å². The lowest BCUT2D eigenvalue weighted by Crippen LogP contribution is -2.19. The summed E-state index contributed by atoms with van der Waals surface area (Å²) in [6.07, 6.45) is 3.24. The molecule has 1 unspecified atom stereocenters. The van der Waals surface area contributed by atoms with Crippen molar-refractivity contribution in [2.75, 3.05) is 7.05 Å². The Kier molecular flexibility index (Phi) is 3.44. The van der Waals surface area contributed by atoms with E-state index in [4.69, 9.17) is 0 Å². The van der Waals surface area contributed by atoms with Crippen LogP contribution < -0.4 is 5.32 Å². The van der Waals surface area contributed by atoms with Crippen LogP contribution in [0, 0.1) is 11.6 Å². The predicted molar refractivity (Wildman–Crippen MR) is 61.5 cm³/mol. The summed E-state index contributed by atoms with van der Waals surface area (Å²) in [6.45, 7) is 0. The highest BCUT2D eigenvalue weighted by atomic mass is 19.2. The van der Waals surface area contributed by atoms with Crippen LogP contribution in [-0.4, -0.2) is 12.0 Å². The minimum Gasteiger partial charge on any atom is -0.309 e. The fraction of sp³-hybridized carbons (Fsp3) is 0.154. The molecule has 0 aliphatic carbocycles. The van der Waals surface area contributed by atoms with Gasteiger partial charge in [0.05, 0.1) is 6.04 Å². The number of benzene rings is 1. The highest BCUT2D eigenvalue weighted by Crippen LogP contribution is 2.24. The summed E-state index contributed by atoms with van der Waals surface area (Å²) >= 11 is 0. The molecule has 0 bridgehead atoms. The van der Waals surface area contributed by atoms with Crippen LogP contribution >= 0.6 is 0 Å². The lowest BCUT2D eigenvalue weighted by Gasteiger charge is -2.17. The van der Waals surface area contributed by atoms with Crippen molar-refractivity contribution in [2.24, 2.45) is 0 Å². The molecule has 2 aromatic rings. The van der Waals surface area contributed by atoms with Crippen molar-refractivity contribution in [3.8, 4) is 0 Å². The maximum Gasteiger partial charge on any atom is 0.163 e. The first kappa shape index (κ1) is 11.7. The largest absolute Gasteiger partial charge is 0.309 e. The summed E-state index contributed by atoms with van der Waals surface area (Å²) in [4.78, 5) is 3.90. The molecule has 0 fully saturated rings. The first-order valence-electron chi connectivity index (χ1n) is 5.25. The van der Waals surface area contributed by atoms with Crippen molar-refractivity contribution < 1.29 is 8.78 Å². The van der Waals surface area contributed by atoms with E-state index < -0.39 is 11.6 Å². The number of pyridine rings is 1. The molecule has 17 heavy (non-hydrogen) atoms. The van der Waals surface area contributed by atoms with Crippen LogP contribution in [0.15, 0.2) is 42.7 Å². The average Bonchev–Trinajstić information content (AvgIpc) is 2.37. The molecule has 1 N–H and O–H groups in total. The molecule has 2 rings (SSSR count). The molecule has 0 saturated carbocycles. The highest BCUT2D eigenvalue weighted by Gasteiger charge is 2.18. The molecular weight excluding hydrogens is 222 g/mol. The topological polar surface area (TPSA) is 24.9 Å². The van der Waals surface area contributed by atoms with Crippen molar-refractivity contribution >= 4 is 0 Å². The second kappa shape index (κ2) is 5.01. The standard InChI is InChI=1S/C13H12F2N2/c1-16-13(9-5-7-17-8-6-9)10-3-2-4-11(14)12(10)15/h2-8,13,16H,1H3. The van der Waals surface area contributed by atoms with E-state index in [2.05, 4.69) is 10.3 Å². The molecule has 4 heteroatoms. The van der Waals surface area contributed by atoms with Gasteiger partial charge in [0, 0.05) is 18.0 Å². The second-order valence-electron chi connectivity index (χ2n) is 3.65. The monoisotopic (exact) mass is 234 g/mol. The first-order valence-corrected chi connectivity index (χ1v) is 5.25. The first-order chi connectivity index (χ1) is 8.24. The predicted octanol–water partition coefficient (Wildman–Crippen LogP) is 2.67. The number of halogens is 2. The van der Waals surface area contributed by atoms with Gasteiger partial charge in [0.25, 0.3) is 0 Å². The van der Waals surface area contributed by atoms with Gasteiger partial charge < -0.3 is 5.32 Å². The van der Waals surface area contributed by atoms with E-state index in [1.54, 1.807) is 37.6 Å². The van der Waals surface area contributed by atoms with Gasteiger partial charge in [0.1, 0.15) is 0 Å². The van der Waals surface area contributed by atoms with Gasteiger partial charge in [-0.1, -0.05) is 12.1 Å². The third-order valence-corrected chi connectivity index (χ3v) is 2.62. The smallest absolute Gasteiger partial charge is 0.163 e. The number of rotatable bonds is 3. The molecule has 0 amide bonds. The summed E-state index contributed by atoms with van der Waals surface area (Å²) in [5, 5.41) is 2.97. The van der Waals surface area contributed by atoms with Gasteiger partial charge in [-0.05, 0) is 30.8 Å². The molecule has 0 aliphatic heterocycles. The minimum atomic E-state index is -0.836. The molecule has 2 nitrogen and oxygen atoms in total. The fourth-order valence-electron chi connectivity index (χ4n) is 1.80. The van der Waals surface area contributed by atoms with Crippen LogP contribution in [-0.2, 0) is 0 Å². The Balaban J connectivity index is 2.46. The summed E-state index contributed by atoms with van der Waals surface area (Å²) in [6, 6.07) is 7.34. The Morgan fingerprint density at radius 1 is 1.12 bits per heavy atom. The van der Waals surface area contributed by atoms with Gasteiger partial charge in [-0.25, -0.2) is 8.78 Å². The summed E-state index contributed by atoms with van der Waals surface area (Å²) in [5.41, 5.74) is 1.13. The van der Waals surface area contributed by atoms with Crippen LogP contribution in [0.2, 0.25) is 0 Å². The van der Waals surface area contributed by atoms with Crippen molar-refractivity contribution in [1.29, 1.82) is 0 Å². The van der Waals surface area contributed by atoms with E-state index in [0.29, 0.717) is 5.56 Å². The number of nitrogens with one attached hydrogen (secondary N) is 1. The van der Waals surface area contributed by atoms with E-state index in [9.17, 15) is 8.78 Å². The zero-order chi connectivity index (χ0) is 12.3. The van der Waals surface area contributed by atoms with E-state index in [1.807, 2.05) is 0 Å². The molecule has 1 atom stereocenters. The van der Waals surface area contributed by atoms with E-state index in [1.165, 1.54) is 6.07 Å². The van der Waals surface area contributed by atoms with E-state index in [0.717, 1.165) is 11.6 Å². The summed E-state index contributed by atoms with van der Waals surface area (Å²) in [5.74, 6) is -1.65. The Morgan fingerprint density at radius 2 is 1.82 bits per heavy atom. The summed E-state index contributed by atoms with van der Waals surface area (Å²) < 4.78 is 26.9. The van der Waals surface area contributed by atoms with Crippen molar-refractivity contribution in [3.05, 3.63) is 65.5 Å². The van der Waals surface area contributed by atoms with Crippen LogP contribution in [0.4, 0.5) is 8.78 Å². The molecule has 1 aromatic carbocycles. The second-order valence-corrected chi connectivity index (χ2v) is 3.65. The van der Waals surface area contributed by atoms with Gasteiger partial charge in [0.2, 0.25) is 0 Å². The zero-order valence-electron chi connectivity index (χ0n) is 9.32. The number of hydrogen-bond acceptors (Lipinski definition) is 2. The van der Waals surface area contributed by atoms with Crippen molar-refractivity contribution in [1.82, 2.24) is 10.3 Å². The van der Waals surface area contributed by atoms with Gasteiger partial charge in [-0.2, -0.15) is 0 Å². The Hall–Kier alpha value is -1.81. The van der Waals surface area contributed by atoms with E-state index >= 15 is 0 Å². The number of hydrogen-bond donors (Lipinski definition) is 1. The lowest BCUT2D eigenvalue weighted by atomic mass is 9.99. The normalized spacial score (nSPS) is 12.4. The van der Waals surface area contributed by atoms with Crippen molar-refractivity contribution in [3.63, 3.8) is 0 Å². The lowest BCUT2D eigenvalue weighted by molar-refractivity contribution is 0.487. The molecule has 0 saturated heterocycles. The molecule has 0 radical (unpaired) electrons.